The molecular formula is C12H15Cl2FN2O3S. The van der Waals surface area contributed by atoms with Gasteiger partial charge in [-0.25, -0.2) is 17.9 Å². The van der Waals surface area contributed by atoms with E-state index in [1.165, 1.54) is 4.90 Å². The van der Waals surface area contributed by atoms with Gasteiger partial charge in [0.1, 0.15) is 10.7 Å². The second kappa shape index (κ2) is 6.91. The van der Waals surface area contributed by atoms with Gasteiger partial charge in [0, 0.05) is 13.1 Å². The minimum atomic E-state index is -4.36. The lowest BCUT2D eigenvalue weighted by Gasteiger charge is -2.21. The number of rotatable bonds is 5. The van der Waals surface area contributed by atoms with Crippen molar-refractivity contribution >= 4 is 39.1 Å². The second-order valence-corrected chi connectivity index (χ2v) is 6.55. The lowest BCUT2D eigenvalue weighted by Crippen LogP contribution is -2.32. The molecular weight excluding hydrogens is 342 g/mol. The van der Waals surface area contributed by atoms with E-state index in [1.54, 1.807) is 6.92 Å². The zero-order chi connectivity index (χ0) is 16.4. The van der Waals surface area contributed by atoms with Crippen molar-refractivity contribution in [3.63, 3.8) is 0 Å². The zero-order valence-corrected chi connectivity index (χ0v) is 13.8. The Bertz CT molecular complexity index is 665. The molecule has 1 aromatic carbocycles. The van der Waals surface area contributed by atoms with Gasteiger partial charge in [-0.3, -0.25) is 4.79 Å². The number of benzene rings is 1. The average Bonchev–Trinajstić information content (AvgIpc) is 2.38. The molecule has 0 aliphatic rings. The second-order valence-electron chi connectivity index (χ2n) is 4.29. The van der Waals surface area contributed by atoms with E-state index in [4.69, 9.17) is 28.3 Å². The Kier molecular flexibility index (Phi) is 5.98. The van der Waals surface area contributed by atoms with Crippen LogP contribution in [0.15, 0.2) is 11.0 Å². The molecule has 0 radical (unpaired) electrons. The molecule has 21 heavy (non-hydrogen) atoms. The molecule has 1 rings (SSSR count). The topological polar surface area (TPSA) is 80.5 Å². The standard InChI is InChI=1S/C12H15Cl2FN2O3S/c1-3-5-17(4-2)12(18)7-6-8(15)10(14)11(9(7)13)21(16,19)20/h6H,3-5H2,1-2H3,(H2,16,19,20). The van der Waals surface area contributed by atoms with E-state index in [1.807, 2.05) is 6.92 Å². The van der Waals surface area contributed by atoms with Gasteiger partial charge < -0.3 is 4.90 Å². The van der Waals surface area contributed by atoms with Gasteiger partial charge in [-0.1, -0.05) is 30.1 Å². The summed E-state index contributed by atoms with van der Waals surface area (Å²) >= 11 is 11.5. The lowest BCUT2D eigenvalue weighted by molar-refractivity contribution is 0.0764. The molecule has 0 saturated carbocycles. The van der Waals surface area contributed by atoms with E-state index >= 15 is 0 Å². The first-order chi connectivity index (χ1) is 9.65. The summed E-state index contributed by atoms with van der Waals surface area (Å²) in [6.07, 6.45) is 0.690. The van der Waals surface area contributed by atoms with Crippen molar-refractivity contribution in [2.24, 2.45) is 5.14 Å². The third-order valence-electron chi connectivity index (χ3n) is 2.79. The minimum absolute atomic E-state index is 0.280. The summed E-state index contributed by atoms with van der Waals surface area (Å²) in [5.74, 6) is -1.65. The fourth-order valence-corrected chi connectivity index (χ4v) is 3.61. The number of halogens is 3. The summed E-state index contributed by atoms with van der Waals surface area (Å²) in [6.45, 7) is 4.42. The number of nitrogens with two attached hydrogens (primary N) is 1. The number of primary sulfonamides is 1. The van der Waals surface area contributed by atoms with E-state index in [9.17, 15) is 17.6 Å². The molecule has 0 saturated heterocycles. The summed E-state index contributed by atoms with van der Waals surface area (Å²) in [4.78, 5) is 13.0. The van der Waals surface area contributed by atoms with Crippen molar-refractivity contribution in [2.45, 2.75) is 25.2 Å². The molecule has 0 fully saturated rings. The van der Waals surface area contributed by atoms with Crippen LogP contribution in [-0.2, 0) is 10.0 Å². The molecule has 0 aliphatic heterocycles. The molecule has 0 spiro atoms. The first kappa shape index (κ1) is 18.2. The number of amides is 1. The molecule has 9 heteroatoms. The first-order valence-electron chi connectivity index (χ1n) is 6.14. The quantitative estimate of drug-likeness (QED) is 0.823. The molecule has 0 aliphatic carbocycles. The monoisotopic (exact) mass is 356 g/mol. The number of carbonyl (C=O) groups is 1. The lowest BCUT2D eigenvalue weighted by atomic mass is 10.2. The number of sulfonamides is 1. The Hall–Kier alpha value is -0.890. The molecule has 0 heterocycles. The Morgan fingerprint density at radius 3 is 2.33 bits per heavy atom. The van der Waals surface area contributed by atoms with Gasteiger partial charge in [0.25, 0.3) is 5.91 Å². The zero-order valence-electron chi connectivity index (χ0n) is 11.5. The smallest absolute Gasteiger partial charge is 0.255 e. The minimum Gasteiger partial charge on any atom is -0.339 e. The van der Waals surface area contributed by atoms with Gasteiger partial charge in [0.2, 0.25) is 10.0 Å². The highest BCUT2D eigenvalue weighted by Gasteiger charge is 2.28. The van der Waals surface area contributed by atoms with Crippen LogP contribution in [-0.4, -0.2) is 32.3 Å². The number of hydrogen-bond acceptors (Lipinski definition) is 3. The van der Waals surface area contributed by atoms with Crippen molar-refractivity contribution < 1.29 is 17.6 Å². The highest BCUT2D eigenvalue weighted by molar-refractivity contribution is 7.89. The predicted molar refractivity (Wildman–Crippen MR) is 79.7 cm³/mol. The molecule has 2 N–H and O–H groups in total. The van der Waals surface area contributed by atoms with Crippen LogP contribution < -0.4 is 5.14 Å². The molecule has 5 nitrogen and oxygen atoms in total. The number of nitrogens with zero attached hydrogens (tertiary/aromatic N) is 1. The van der Waals surface area contributed by atoms with Crippen LogP contribution in [0.25, 0.3) is 0 Å². The van der Waals surface area contributed by atoms with Crippen molar-refractivity contribution in [3.05, 3.63) is 27.5 Å². The van der Waals surface area contributed by atoms with Crippen LogP contribution in [0.1, 0.15) is 30.6 Å². The van der Waals surface area contributed by atoms with Crippen LogP contribution in [0.5, 0.6) is 0 Å². The van der Waals surface area contributed by atoms with Gasteiger partial charge >= 0.3 is 0 Å². The van der Waals surface area contributed by atoms with Crippen LogP contribution >= 0.6 is 23.2 Å². The molecule has 1 aromatic rings. The average molecular weight is 357 g/mol. The number of carbonyl (C=O) groups excluding carboxylic acids is 1. The van der Waals surface area contributed by atoms with Gasteiger partial charge in [-0.05, 0) is 19.4 Å². The van der Waals surface area contributed by atoms with Gasteiger partial charge in [-0.15, -0.1) is 0 Å². The summed E-state index contributed by atoms with van der Waals surface area (Å²) in [5, 5.41) is 3.78. The Labute approximate surface area is 132 Å². The highest BCUT2D eigenvalue weighted by atomic mass is 35.5. The third-order valence-corrected chi connectivity index (χ3v) is 4.76. The van der Waals surface area contributed by atoms with Crippen molar-refractivity contribution in [2.75, 3.05) is 13.1 Å². The van der Waals surface area contributed by atoms with Crippen molar-refractivity contribution in [1.29, 1.82) is 0 Å². The van der Waals surface area contributed by atoms with Crippen LogP contribution in [0.4, 0.5) is 4.39 Å². The van der Waals surface area contributed by atoms with Crippen LogP contribution in [0, 0.1) is 5.82 Å². The maximum Gasteiger partial charge on any atom is 0.255 e. The Morgan fingerprint density at radius 1 is 1.33 bits per heavy atom. The van der Waals surface area contributed by atoms with Gasteiger partial charge in [0.15, 0.2) is 0 Å². The third kappa shape index (κ3) is 3.85. The summed E-state index contributed by atoms with van der Waals surface area (Å²) in [7, 11) is -4.36. The maximum atomic E-state index is 13.8. The van der Waals surface area contributed by atoms with Gasteiger partial charge in [0.05, 0.1) is 15.6 Å². The van der Waals surface area contributed by atoms with Crippen LogP contribution in [0.3, 0.4) is 0 Å². The van der Waals surface area contributed by atoms with E-state index in [-0.39, 0.29) is 5.56 Å². The summed E-state index contributed by atoms with van der Waals surface area (Å²) in [5.41, 5.74) is -0.280. The Morgan fingerprint density at radius 2 is 1.90 bits per heavy atom. The van der Waals surface area contributed by atoms with Crippen LogP contribution in [0.2, 0.25) is 10.0 Å². The fourth-order valence-electron chi connectivity index (χ4n) is 1.83. The van der Waals surface area contributed by atoms with E-state index in [2.05, 4.69) is 0 Å². The predicted octanol–water partition coefficient (Wildman–Crippen LogP) is 2.65. The summed E-state index contributed by atoms with van der Waals surface area (Å²) < 4.78 is 36.8. The largest absolute Gasteiger partial charge is 0.339 e. The maximum absolute atomic E-state index is 13.8. The molecule has 0 aromatic heterocycles. The van der Waals surface area contributed by atoms with E-state index in [0.717, 1.165) is 6.07 Å². The molecule has 0 atom stereocenters. The van der Waals surface area contributed by atoms with E-state index < -0.39 is 36.7 Å². The Balaban J connectivity index is 3.53. The molecule has 118 valence electrons. The number of hydrogen-bond donors (Lipinski definition) is 1. The first-order valence-corrected chi connectivity index (χ1v) is 8.44. The molecule has 0 unspecified atom stereocenters. The van der Waals surface area contributed by atoms with Crippen molar-refractivity contribution in [3.8, 4) is 0 Å². The normalized spacial score (nSPS) is 11.5. The fraction of sp³-hybridized carbons (Fsp3) is 0.417. The van der Waals surface area contributed by atoms with E-state index in [0.29, 0.717) is 19.5 Å². The molecule has 1 amide bonds. The SMILES string of the molecule is CCCN(CC)C(=O)c1cc(F)c(Cl)c(S(N)(=O)=O)c1Cl. The highest BCUT2D eigenvalue weighted by Crippen LogP contribution is 2.34. The summed E-state index contributed by atoms with van der Waals surface area (Å²) in [6, 6.07) is 0.819. The van der Waals surface area contributed by atoms with Gasteiger partial charge in [-0.2, -0.15) is 0 Å². The van der Waals surface area contributed by atoms with Crippen molar-refractivity contribution in [1.82, 2.24) is 4.90 Å². The molecule has 0 bridgehead atoms.